The first-order valence-corrected chi connectivity index (χ1v) is 1.82. The van der Waals surface area contributed by atoms with Gasteiger partial charge in [0.05, 0.1) is 12.0 Å². The summed E-state index contributed by atoms with van der Waals surface area (Å²) in [6.07, 6.45) is 0. The first-order chi connectivity index (χ1) is 2.00. The van der Waals surface area contributed by atoms with Crippen LogP contribution in [0, 0.1) is 0 Å². The molecule has 0 amide bonds. The minimum atomic E-state index is 0.694. The predicted octanol–water partition coefficient (Wildman–Crippen LogP) is 0.554. The lowest BCUT2D eigenvalue weighted by atomic mass is 11.7. The third kappa shape index (κ3) is 0.201. The van der Waals surface area contributed by atoms with Crippen LogP contribution >= 0.6 is 12.0 Å². The highest BCUT2D eigenvalue weighted by atomic mass is 32.2. The van der Waals surface area contributed by atoms with Crippen LogP contribution in [0.15, 0.2) is 0 Å². The molecule has 1 saturated heterocycles. The highest BCUT2D eigenvalue weighted by Crippen LogP contribution is 2.13. The Bertz CT molecular complexity index is 14.0. The molecule has 0 N–H and O–H groups in total. The molecule has 1 rings (SSSR count). The van der Waals surface area contributed by atoms with E-state index in [1.165, 1.54) is 12.0 Å². The van der Waals surface area contributed by atoms with E-state index in [9.17, 15) is 0 Å². The number of hydrogen-bond acceptors (Lipinski definition) is 3. The lowest BCUT2D eigenvalue weighted by Gasteiger charge is -2.05. The van der Waals surface area contributed by atoms with Crippen LogP contribution in [0.25, 0.3) is 0 Å². The fourth-order valence-corrected chi connectivity index (χ4v) is 0.144. The molecule has 0 spiro atoms. The van der Waals surface area contributed by atoms with Gasteiger partial charge in [-0.3, -0.25) is 0 Å². The maximum Gasteiger partial charge on any atom is 0.158 e. The second-order valence-electron chi connectivity index (χ2n) is 0.422. The Morgan fingerprint density at radius 1 is 1.75 bits per heavy atom. The quantitative estimate of drug-likeness (QED) is 0.311. The average Bonchev–Trinajstić information content (AvgIpc) is 0.722. The van der Waals surface area contributed by atoms with Crippen LogP contribution in [0.2, 0.25) is 0 Å². The molecule has 3 heteroatoms. The van der Waals surface area contributed by atoms with Gasteiger partial charge in [0, 0.05) is 0 Å². The van der Waals surface area contributed by atoms with E-state index in [1.807, 2.05) is 0 Å². The van der Waals surface area contributed by atoms with Gasteiger partial charge < -0.3 is 0 Å². The molecule has 0 aliphatic carbocycles. The average molecular weight is 78.1 g/mol. The summed E-state index contributed by atoms with van der Waals surface area (Å²) in [6, 6.07) is 0. The molecule has 0 aromatic carbocycles. The van der Waals surface area contributed by atoms with Gasteiger partial charge in [0.2, 0.25) is 0 Å². The van der Waals surface area contributed by atoms with Crippen molar-refractivity contribution in [3.63, 3.8) is 0 Å². The second kappa shape index (κ2) is 0.924. The lowest BCUT2D eigenvalue weighted by Crippen LogP contribution is -1.96. The van der Waals surface area contributed by atoms with Crippen LogP contribution in [-0.2, 0) is 9.22 Å². The fourth-order valence-electron chi connectivity index (χ4n) is 0.0481. The third-order valence-electron chi connectivity index (χ3n) is 0.192. The van der Waals surface area contributed by atoms with Gasteiger partial charge in [0.15, 0.2) is 5.94 Å². The molecule has 0 atom stereocenters. The Kier molecular flexibility index (Phi) is 0.579. The van der Waals surface area contributed by atoms with Gasteiger partial charge in [-0.25, -0.2) is 4.89 Å². The maximum atomic E-state index is 4.19. The van der Waals surface area contributed by atoms with Crippen LogP contribution in [0.4, 0.5) is 0 Å². The van der Waals surface area contributed by atoms with Gasteiger partial charge in [0.25, 0.3) is 0 Å². The van der Waals surface area contributed by atoms with E-state index in [0.29, 0.717) is 5.94 Å². The van der Waals surface area contributed by atoms with Crippen molar-refractivity contribution in [3.8, 4) is 0 Å². The third-order valence-corrected chi connectivity index (χ3v) is 0.577. The molecule has 0 unspecified atom stereocenters. The van der Waals surface area contributed by atoms with Gasteiger partial charge in [-0.1, -0.05) is 0 Å². The van der Waals surface area contributed by atoms with Crippen molar-refractivity contribution in [2.75, 3.05) is 5.94 Å². The van der Waals surface area contributed by atoms with Crippen molar-refractivity contribution in [3.05, 3.63) is 0 Å². The fraction of sp³-hybridized carbons (Fsp3) is 1.00. The smallest absolute Gasteiger partial charge is 0.158 e. The predicted molar refractivity (Wildman–Crippen MR) is 14.6 cm³/mol. The molecule has 1 aliphatic heterocycles. The lowest BCUT2D eigenvalue weighted by molar-refractivity contribution is -0.209. The summed E-state index contributed by atoms with van der Waals surface area (Å²) in [5.41, 5.74) is 0. The zero-order chi connectivity index (χ0) is 2.83. The van der Waals surface area contributed by atoms with Crippen molar-refractivity contribution in [1.29, 1.82) is 0 Å². The Morgan fingerprint density at radius 3 is 2.00 bits per heavy atom. The highest BCUT2D eigenvalue weighted by molar-refractivity contribution is 7.95. The van der Waals surface area contributed by atoms with Gasteiger partial charge in [-0.2, -0.15) is 4.33 Å². The summed E-state index contributed by atoms with van der Waals surface area (Å²) in [5.74, 6) is 0.694. The Labute approximate surface area is 28.2 Å². The summed E-state index contributed by atoms with van der Waals surface area (Å²) in [4.78, 5) is 4.19. The Morgan fingerprint density at radius 2 is 2.00 bits per heavy atom. The van der Waals surface area contributed by atoms with E-state index in [4.69, 9.17) is 0 Å². The largest absolute Gasteiger partial charge is 0.211 e. The van der Waals surface area contributed by atoms with Crippen molar-refractivity contribution in [2.24, 2.45) is 0 Å². The molecule has 0 saturated carbocycles. The van der Waals surface area contributed by atoms with Crippen molar-refractivity contribution < 1.29 is 9.22 Å². The zero-order valence-electron chi connectivity index (χ0n) is 1.93. The standard InChI is InChI=1S/CH2O2S/c1-2-3-4-1/h1H2. The monoisotopic (exact) mass is 78.0 g/mol. The van der Waals surface area contributed by atoms with Crippen molar-refractivity contribution >= 4 is 12.0 Å². The summed E-state index contributed by atoms with van der Waals surface area (Å²) in [6.45, 7) is 0. The number of hydrogen-bond donors (Lipinski definition) is 0. The summed E-state index contributed by atoms with van der Waals surface area (Å²) in [5, 5.41) is 0. The van der Waals surface area contributed by atoms with Gasteiger partial charge >= 0.3 is 0 Å². The molecule has 0 bridgehead atoms. The topological polar surface area (TPSA) is 18.5 Å². The van der Waals surface area contributed by atoms with Gasteiger partial charge in [-0.05, 0) is 0 Å². The summed E-state index contributed by atoms with van der Waals surface area (Å²) >= 11 is 1.31. The second-order valence-corrected chi connectivity index (χ2v) is 1.03. The Balaban J connectivity index is 2.00. The van der Waals surface area contributed by atoms with E-state index >= 15 is 0 Å². The summed E-state index contributed by atoms with van der Waals surface area (Å²) < 4.78 is 4.14. The molecular formula is CH2O2S. The van der Waals surface area contributed by atoms with Crippen molar-refractivity contribution in [1.82, 2.24) is 0 Å². The first kappa shape index (κ1) is 2.50. The molecule has 1 fully saturated rings. The minimum Gasteiger partial charge on any atom is -0.211 e. The first-order valence-electron chi connectivity index (χ1n) is 0.911. The van der Waals surface area contributed by atoms with E-state index in [2.05, 4.69) is 9.22 Å². The van der Waals surface area contributed by atoms with Gasteiger partial charge in [0.1, 0.15) is 0 Å². The van der Waals surface area contributed by atoms with E-state index in [0.717, 1.165) is 0 Å². The normalized spacial score (nSPS) is 24.0. The van der Waals surface area contributed by atoms with Crippen molar-refractivity contribution in [2.45, 2.75) is 0 Å². The minimum absolute atomic E-state index is 0.694. The zero-order valence-corrected chi connectivity index (χ0v) is 2.75. The molecule has 0 aromatic heterocycles. The van der Waals surface area contributed by atoms with Crippen LogP contribution in [0.5, 0.6) is 0 Å². The SMILES string of the molecule is C1OOS1. The molecule has 0 aromatic rings. The van der Waals surface area contributed by atoms with Crippen LogP contribution < -0.4 is 0 Å². The van der Waals surface area contributed by atoms with Crippen LogP contribution in [0.3, 0.4) is 0 Å². The molecule has 1 aliphatic rings. The molecular weight excluding hydrogens is 76.1 g/mol. The van der Waals surface area contributed by atoms with Crippen LogP contribution in [-0.4, -0.2) is 5.94 Å². The highest BCUT2D eigenvalue weighted by Gasteiger charge is 1.98. The molecule has 4 heavy (non-hydrogen) atoms. The molecule has 2 nitrogen and oxygen atoms in total. The van der Waals surface area contributed by atoms with Crippen LogP contribution in [0.1, 0.15) is 0 Å². The number of rotatable bonds is 0. The van der Waals surface area contributed by atoms with E-state index < -0.39 is 0 Å². The Hall–Kier alpha value is 0.270. The van der Waals surface area contributed by atoms with Gasteiger partial charge in [-0.15, -0.1) is 0 Å². The molecule has 1 heterocycles. The maximum absolute atomic E-state index is 4.19. The molecule has 24 valence electrons. The molecule has 0 radical (unpaired) electrons. The summed E-state index contributed by atoms with van der Waals surface area (Å²) in [7, 11) is 0. The van der Waals surface area contributed by atoms with E-state index in [-0.39, 0.29) is 0 Å². The van der Waals surface area contributed by atoms with E-state index in [1.54, 1.807) is 0 Å².